The number of aromatic nitrogens is 1. The van der Waals surface area contributed by atoms with Crippen LogP contribution in [0.3, 0.4) is 0 Å². The molecule has 0 bridgehead atoms. The van der Waals surface area contributed by atoms with E-state index in [1.165, 1.54) is 0 Å². The summed E-state index contributed by atoms with van der Waals surface area (Å²) in [5.41, 5.74) is -0.776. The van der Waals surface area contributed by atoms with Crippen molar-refractivity contribution in [1.82, 2.24) is 4.98 Å². The highest BCUT2D eigenvalue weighted by Crippen LogP contribution is 2.36. The third kappa shape index (κ3) is 2.99. The Morgan fingerprint density at radius 2 is 2.41 bits per heavy atom. The molecule has 0 radical (unpaired) electrons. The summed E-state index contributed by atoms with van der Waals surface area (Å²) in [6, 6.07) is 5.80. The molecule has 1 N–H and O–H groups in total. The molecule has 1 aliphatic carbocycles. The molecule has 0 fully saturated rings. The van der Waals surface area contributed by atoms with Crippen LogP contribution >= 0.6 is 11.8 Å². The fraction of sp³-hybridized carbons (Fsp3) is 0.357. The van der Waals surface area contributed by atoms with Crippen LogP contribution in [0, 0.1) is 0 Å². The lowest BCUT2D eigenvalue weighted by Crippen LogP contribution is -2.38. The van der Waals surface area contributed by atoms with Crippen molar-refractivity contribution in [2.45, 2.75) is 35.1 Å². The molecule has 2 atom stereocenters. The second-order valence-electron chi connectivity index (χ2n) is 4.23. The molecule has 1 aromatic heterocycles. The van der Waals surface area contributed by atoms with Gasteiger partial charge in [-0.1, -0.05) is 36.1 Å². The second kappa shape index (κ2) is 5.52. The molecule has 0 aliphatic heterocycles. The fourth-order valence-corrected chi connectivity index (χ4v) is 3.05. The van der Waals surface area contributed by atoms with Crippen LogP contribution in [0.15, 0.2) is 54.2 Å². The topological polar surface area (TPSA) is 33.1 Å². The predicted octanol–water partition coefficient (Wildman–Crippen LogP) is 3.20. The maximum atomic E-state index is 10.6. The summed E-state index contributed by atoms with van der Waals surface area (Å²) >= 11 is 1.56. The standard InChI is InChI=1S/C14H17NOS/c1-2-12(14(16)9-5-3-6-10-14)17-13-8-4-7-11-15-13/h2,4-5,7-9,11-12,16H,1,3,6,10H2. The first-order valence-electron chi connectivity index (χ1n) is 5.85. The predicted molar refractivity (Wildman–Crippen MR) is 72.0 cm³/mol. The van der Waals surface area contributed by atoms with Crippen LogP contribution in [-0.2, 0) is 0 Å². The molecule has 0 amide bonds. The highest BCUT2D eigenvalue weighted by atomic mass is 32.2. The fourth-order valence-electron chi connectivity index (χ4n) is 2.01. The lowest BCUT2D eigenvalue weighted by Gasteiger charge is -2.33. The van der Waals surface area contributed by atoms with E-state index in [4.69, 9.17) is 0 Å². The van der Waals surface area contributed by atoms with E-state index in [0.29, 0.717) is 0 Å². The van der Waals surface area contributed by atoms with Crippen LogP contribution in [0.5, 0.6) is 0 Å². The van der Waals surface area contributed by atoms with E-state index in [-0.39, 0.29) is 5.25 Å². The number of thioether (sulfide) groups is 1. The Morgan fingerprint density at radius 3 is 3.00 bits per heavy atom. The van der Waals surface area contributed by atoms with Crippen LogP contribution in [0.1, 0.15) is 19.3 Å². The van der Waals surface area contributed by atoms with E-state index < -0.39 is 5.60 Å². The van der Waals surface area contributed by atoms with Crippen LogP contribution < -0.4 is 0 Å². The Bertz CT molecular complexity index is 404. The molecule has 0 spiro atoms. The van der Waals surface area contributed by atoms with Crippen molar-refractivity contribution in [3.8, 4) is 0 Å². The monoisotopic (exact) mass is 247 g/mol. The van der Waals surface area contributed by atoms with E-state index in [1.54, 1.807) is 18.0 Å². The number of nitrogens with zero attached hydrogens (tertiary/aromatic N) is 1. The first-order valence-corrected chi connectivity index (χ1v) is 6.73. The first-order chi connectivity index (χ1) is 8.24. The Morgan fingerprint density at radius 1 is 1.53 bits per heavy atom. The van der Waals surface area contributed by atoms with Gasteiger partial charge in [0.1, 0.15) is 0 Å². The lowest BCUT2D eigenvalue weighted by atomic mass is 9.88. The van der Waals surface area contributed by atoms with Crippen molar-refractivity contribution in [3.63, 3.8) is 0 Å². The Labute approximate surface area is 106 Å². The van der Waals surface area contributed by atoms with Gasteiger partial charge in [-0.3, -0.25) is 0 Å². The van der Waals surface area contributed by atoms with Crippen molar-refractivity contribution >= 4 is 11.8 Å². The van der Waals surface area contributed by atoms with Gasteiger partial charge in [-0.25, -0.2) is 4.98 Å². The van der Waals surface area contributed by atoms with Crippen LogP contribution in [0.2, 0.25) is 0 Å². The van der Waals surface area contributed by atoms with Gasteiger partial charge >= 0.3 is 0 Å². The molecule has 1 aromatic rings. The largest absolute Gasteiger partial charge is 0.384 e. The van der Waals surface area contributed by atoms with Crippen LogP contribution in [-0.4, -0.2) is 20.9 Å². The normalized spacial score (nSPS) is 25.5. The zero-order chi connectivity index (χ0) is 12.1. The number of aliphatic hydroxyl groups is 1. The van der Waals surface area contributed by atoms with Crippen LogP contribution in [0.25, 0.3) is 0 Å². The number of rotatable bonds is 4. The summed E-state index contributed by atoms with van der Waals surface area (Å²) in [5, 5.41) is 11.5. The Hall–Kier alpha value is -1.06. The van der Waals surface area contributed by atoms with E-state index in [9.17, 15) is 5.11 Å². The molecule has 90 valence electrons. The molecular formula is C14H17NOS. The molecule has 2 nitrogen and oxygen atoms in total. The molecule has 0 aromatic carbocycles. The zero-order valence-corrected chi connectivity index (χ0v) is 10.6. The highest BCUT2D eigenvalue weighted by Gasteiger charge is 2.34. The van der Waals surface area contributed by atoms with Gasteiger partial charge < -0.3 is 5.11 Å². The van der Waals surface area contributed by atoms with E-state index >= 15 is 0 Å². The second-order valence-corrected chi connectivity index (χ2v) is 5.39. The highest BCUT2D eigenvalue weighted by molar-refractivity contribution is 8.00. The molecule has 2 unspecified atom stereocenters. The van der Waals surface area contributed by atoms with Crippen molar-refractivity contribution in [2.75, 3.05) is 0 Å². The molecule has 2 rings (SSSR count). The average Bonchev–Trinajstić information content (AvgIpc) is 2.38. The van der Waals surface area contributed by atoms with Crippen molar-refractivity contribution in [1.29, 1.82) is 0 Å². The molecule has 1 aliphatic rings. The Kier molecular flexibility index (Phi) is 4.02. The zero-order valence-electron chi connectivity index (χ0n) is 9.75. The van der Waals surface area contributed by atoms with Crippen molar-refractivity contribution in [2.24, 2.45) is 0 Å². The van der Waals surface area contributed by atoms with Gasteiger partial charge in [0.05, 0.1) is 15.9 Å². The molecule has 3 heteroatoms. The summed E-state index contributed by atoms with van der Waals surface area (Å²) in [5.74, 6) is 0. The SMILES string of the molecule is C=CC(Sc1ccccn1)C1(O)C=CCCC1. The first kappa shape index (κ1) is 12.4. The third-order valence-corrected chi connectivity index (χ3v) is 4.28. The van der Waals surface area contributed by atoms with Gasteiger partial charge in [0.15, 0.2) is 0 Å². The molecular weight excluding hydrogens is 230 g/mol. The molecule has 0 saturated heterocycles. The van der Waals surface area contributed by atoms with Gasteiger partial charge in [-0.2, -0.15) is 0 Å². The number of hydrogen-bond acceptors (Lipinski definition) is 3. The van der Waals surface area contributed by atoms with E-state index in [1.807, 2.05) is 30.4 Å². The Balaban J connectivity index is 2.14. The number of allylic oxidation sites excluding steroid dienone is 1. The van der Waals surface area contributed by atoms with Gasteiger partial charge in [-0.15, -0.1) is 6.58 Å². The molecule has 17 heavy (non-hydrogen) atoms. The minimum atomic E-state index is -0.776. The number of hydrogen-bond donors (Lipinski definition) is 1. The van der Waals surface area contributed by atoms with E-state index in [0.717, 1.165) is 24.3 Å². The molecule has 1 heterocycles. The lowest BCUT2D eigenvalue weighted by molar-refractivity contribution is 0.0831. The van der Waals surface area contributed by atoms with E-state index in [2.05, 4.69) is 17.6 Å². The van der Waals surface area contributed by atoms with Gasteiger partial charge in [0.25, 0.3) is 0 Å². The maximum absolute atomic E-state index is 10.6. The maximum Gasteiger partial charge on any atom is 0.0984 e. The van der Waals surface area contributed by atoms with Crippen LogP contribution in [0.4, 0.5) is 0 Å². The van der Waals surface area contributed by atoms with Gasteiger partial charge in [-0.05, 0) is 31.4 Å². The smallest absolute Gasteiger partial charge is 0.0984 e. The van der Waals surface area contributed by atoms with Crippen molar-refractivity contribution < 1.29 is 5.11 Å². The van der Waals surface area contributed by atoms with Gasteiger partial charge in [0.2, 0.25) is 0 Å². The average molecular weight is 247 g/mol. The minimum Gasteiger partial charge on any atom is -0.384 e. The minimum absolute atomic E-state index is 0.0473. The molecule has 0 saturated carbocycles. The van der Waals surface area contributed by atoms with Crippen molar-refractivity contribution in [3.05, 3.63) is 49.2 Å². The summed E-state index contributed by atoms with van der Waals surface area (Å²) < 4.78 is 0. The van der Waals surface area contributed by atoms with Gasteiger partial charge in [0, 0.05) is 6.20 Å². The number of pyridine rings is 1. The summed E-state index contributed by atoms with van der Waals surface area (Å²) in [6.07, 6.45) is 10.4. The summed E-state index contributed by atoms with van der Waals surface area (Å²) in [7, 11) is 0. The quantitative estimate of drug-likeness (QED) is 0.655. The summed E-state index contributed by atoms with van der Waals surface area (Å²) in [4.78, 5) is 4.27. The summed E-state index contributed by atoms with van der Waals surface area (Å²) in [6.45, 7) is 3.84. The third-order valence-electron chi connectivity index (χ3n) is 2.95.